The maximum Gasteiger partial charge on any atom is 0.233 e. The fourth-order valence-electron chi connectivity index (χ4n) is 1.03. The first-order chi connectivity index (χ1) is 5.04. The van der Waals surface area contributed by atoms with Crippen molar-refractivity contribution in [2.45, 2.75) is 18.7 Å². The Morgan fingerprint density at radius 3 is 2.45 bits per heavy atom. The van der Waals surface area contributed by atoms with Crippen LogP contribution in [-0.2, 0) is 20.4 Å². The number of imide groups is 1. The highest BCUT2D eigenvalue weighted by Gasteiger charge is 2.41. The smallest absolute Gasteiger partial charge is 0.233 e. The molecule has 1 aliphatic heterocycles. The molecule has 1 aliphatic rings. The Hall–Kier alpha value is -0.710. The van der Waals surface area contributed by atoms with Crippen molar-refractivity contribution in [3.8, 4) is 0 Å². The molecule has 0 radical (unpaired) electrons. The molecular weight excluding hydrogens is 166 g/mol. The van der Waals surface area contributed by atoms with Crippen LogP contribution in [0.4, 0.5) is 0 Å². The van der Waals surface area contributed by atoms with Crippen LogP contribution in [0.2, 0.25) is 0 Å². The average Bonchev–Trinajstić information content (AvgIpc) is 1.80. The van der Waals surface area contributed by atoms with Crippen LogP contribution in [0.3, 0.4) is 0 Å². The molecule has 0 aromatic heterocycles. The minimum Gasteiger partial charge on any atom is -0.275 e. The topological polar surface area (TPSA) is 54.5 Å². The van der Waals surface area contributed by atoms with Gasteiger partial charge >= 0.3 is 0 Å². The lowest BCUT2D eigenvalue weighted by atomic mass is 10.2. The van der Waals surface area contributed by atoms with Gasteiger partial charge in [0, 0.05) is 24.0 Å². The van der Waals surface area contributed by atoms with Gasteiger partial charge in [-0.2, -0.15) is 0 Å². The third kappa shape index (κ3) is 1.33. The zero-order valence-corrected chi connectivity index (χ0v) is 7.18. The summed E-state index contributed by atoms with van der Waals surface area (Å²) in [6, 6.07) is 0. The van der Waals surface area contributed by atoms with E-state index in [-0.39, 0.29) is 23.6 Å². The quantitative estimate of drug-likeness (QED) is 0.503. The molecule has 11 heavy (non-hydrogen) atoms. The molecule has 0 N–H and O–H groups in total. The molecule has 1 saturated heterocycles. The number of hydrogen-bond donors (Lipinski definition) is 0. The number of amides is 2. The molecule has 62 valence electrons. The monoisotopic (exact) mass is 175 g/mol. The molecule has 0 saturated carbocycles. The summed E-state index contributed by atoms with van der Waals surface area (Å²) in [5, 5.41) is -0.375. The van der Waals surface area contributed by atoms with Crippen molar-refractivity contribution in [2.75, 3.05) is 6.26 Å². The van der Waals surface area contributed by atoms with Crippen LogP contribution in [0.25, 0.3) is 0 Å². The number of carbonyl (C=O) groups is 2. The van der Waals surface area contributed by atoms with Gasteiger partial charge in [-0.3, -0.25) is 18.7 Å². The zero-order valence-electron chi connectivity index (χ0n) is 6.36. The van der Waals surface area contributed by atoms with Gasteiger partial charge in [0.05, 0.1) is 6.42 Å². The van der Waals surface area contributed by atoms with E-state index in [4.69, 9.17) is 0 Å². The fourth-order valence-corrected chi connectivity index (χ4v) is 1.97. The van der Waals surface area contributed by atoms with Crippen LogP contribution in [-0.4, -0.2) is 32.6 Å². The van der Waals surface area contributed by atoms with Crippen molar-refractivity contribution in [1.29, 1.82) is 0 Å². The number of β-lactam (4-membered cyclic amide) rings is 1. The van der Waals surface area contributed by atoms with Gasteiger partial charge in [-0.25, -0.2) is 0 Å². The fraction of sp³-hybridized carbons (Fsp3) is 0.667. The Kier molecular flexibility index (Phi) is 2.08. The molecule has 4 nitrogen and oxygen atoms in total. The summed E-state index contributed by atoms with van der Waals surface area (Å²) >= 11 is 0. The van der Waals surface area contributed by atoms with Crippen LogP contribution in [0.5, 0.6) is 0 Å². The normalized spacial score (nSPS) is 26.2. The number of nitrogens with zero attached hydrogens (tertiary/aromatic N) is 1. The summed E-state index contributed by atoms with van der Waals surface area (Å²) in [4.78, 5) is 22.5. The maximum atomic E-state index is 10.9. The molecule has 0 bridgehead atoms. The second kappa shape index (κ2) is 2.73. The van der Waals surface area contributed by atoms with Crippen LogP contribution in [0.1, 0.15) is 13.3 Å². The highest BCUT2D eigenvalue weighted by molar-refractivity contribution is 7.85. The minimum atomic E-state index is -1.11. The molecule has 0 aromatic carbocycles. The first-order valence-corrected chi connectivity index (χ1v) is 4.81. The predicted molar refractivity (Wildman–Crippen MR) is 40.0 cm³/mol. The Morgan fingerprint density at radius 1 is 1.73 bits per heavy atom. The van der Waals surface area contributed by atoms with Crippen LogP contribution >= 0.6 is 0 Å². The minimum absolute atomic E-state index is 0.224. The zero-order chi connectivity index (χ0) is 8.59. The van der Waals surface area contributed by atoms with E-state index in [9.17, 15) is 13.8 Å². The van der Waals surface area contributed by atoms with Gasteiger partial charge in [-0.1, -0.05) is 0 Å². The van der Waals surface area contributed by atoms with E-state index in [0.717, 1.165) is 4.90 Å². The first kappa shape index (κ1) is 8.39. The number of rotatable bonds is 1. The summed E-state index contributed by atoms with van der Waals surface area (Å²) < 4.78 is 10.9. The molecule has 0 aromatic rings. The Bertz CT molecular complexity index is 230. The lowest BCUT2D eigenvalue weighted by Crippen LogP contribution is -2.56. The van der Waals surface area contributed by atoms with Gasteiger partial charge in [-0.05, 0) is 0 Å². The lowest BCUT2D eigenvalue weighted by molar-refractivity contribution is -0.152. The van der Waals surface area contributed by atoms with Gasteiger partial charge in [0.2, 0.25) is 11.8 Å². The third-order valence-corrected chi connectivity index (χ3v) is 2.77. The summed E-state index contributed by atoms with van der Waals surface area (Å²) in [5.41, 5.74) is 0. The first-order valence-electron chi connectivity index (χ1n) is 3.19. The Labute approximate surface area is 67.0 Å². The van der Waals surface area contributed by atoms with Gasteiger partial charge in [0.1, 0.15) is 5.37 Å². The largest absolute Gasteiger partial charge is 0.275 e. The highest BCUT2D eigenvalue weighted by atomic mass is 32.2. The van der Waals surface area contributed by atoms with E-state index in [0.29, 0.717) is 0 Å². The van der Waals surface area contributed by atoms with Crippen molar-refractivity contribution >= 4 is 22.6 Å². The van der Waals surface area contributed by atoms with E-state index >= 15 is 0 Å². The molecule has 5 heteroatoms. The number of likely N-dealkylation sites (tertiary alicyclic amines) is 1. The highest BCUT2D eigenvalue weighted by Crippen LogP contribution is 2.21. The molecule has 2 atom stereocenters. The predicted octanol–water partition coefficient (Wildman–Crippen LogP) is -0.530. The molecule has 1 heterocycles. The molecule has 0 aliphatic carbocycles. The van der Waals surface area contributed by atoms with Crippen molar-refractivity contribution in [3.05, 3.63) is 0 Å². The summed E-state index contributed by atoms with van der Waals surface area (Å²) in [6.07, 6.45) is 1.73. The van der Waals surface area contributed by atoms with E-state index in [1.54, 1.807) is 0 Å². The molecule has 1 fully saturated rings. The van der Waals surface area contributed by atoms with Gasteiger partial charge in [-0.15, -0.1) is 0 Å². The SMILES string of the molecule is CC(=O)N1C(=O)CC1S(C)=O. The van der Waals surface area contributed by atoms with E-state index in [1.807, 2.05) is 0 Å². The third-order valence-electron chi connectivity index (χ3n) is 1.63. The second-order valence-electron chi connectivity index (χ2n) is 2.44. The number of hydrogen-bond acceptors (Lipinski definition) is 3. The van der Waals surface area contributed by atoms with Crippen molar-refractivity contribution in [2.24, 2.45) is 0 Å². The number of carbonyl (C=O) groups excluding carboxylic acids is 2. The van der Waals surface area contributed by atoms with Gasteiger partial charge in [0.15, 0.2) is 0 Å². The standard InChI is InChI=1S/C6H9NO3S/c1-4(8)7-5(9)3-6(7)11(2)10/h6H,3H2,1-2H3. The van der Waals surface area contributed by atoms with Crippen LogP contribution in [0, 0.1) is 0 Å². The van der Waals surface area contributed by atoms with Crippen molar-refractivity contribution in [1.82, 2.24) is 4.90 Å². The Balaban J connectivity index is 2.69. The van der Waals surface area contributed by atoms with E-state index in [1.165, 1.54) is 13.2 Å². The van der Waals surface area contributed by atoms with E-state index in [2.05, 4.69) is 0 Å². The van der Waals surface area contributed by atoms with Crippen LogP contribution in [0.15, 0.2) is 0 Å². The van der Waals surface area contributed by atoms with Crippen molar-refractivity contribution in [3.63, 3.8) is 0 Å². The molecule has 2 amide bonds. The second-order valence-corrected chi connectivity index (χ2v) is 3.98. The molecular formula is C6H9NO3S. The molecule has 2 unspecified atom stereocenters. The lowest BCUT2D eigenvalue weighted by Gasteiger charge is -2.35. The summed E-state index contributed by atoms with van der Waals surface area (Å²) in [6.45, 7) is 1.30. The summed E-state index contributed by atoms with van der Waals surface area (Å²) in [5.74, 6) is -0.542. The molecule has 0 spiro atoms. The van der Waals surface area contributed by atoms with E-state index < -0.39 is 10.8 Å². The summed E-state index contributed by atoms with van der Waals surface area (Å²) in [7, 11) is -1.11. The maximum absolute atomic E-state index is 10.9. The average molecular weight is 175 g/mol. The van der Waals surface area contributed by atoms with Crippen molar-refractivity contribution < 1.29 is 13.8 Å². The van der Waals surface area contributed by atoms with Gasteiger partial charge < -0.3 is 0 Å². The Morgan fingerprint density at radius 2 is 2.27 bits per heavy atom. The van der Waals surface area contributed by atoms with Gasteiger partial charge in [0.25, 0.3) is 0 Å². The molecule has 1 rings (SSSR count). The van der Waals surface area contributed by atoms with Crippen LogP contribution < -0.4 is 0 Å².